The van der Waals surface area contributed by atoms with E-state index in [1.807, 2.05) is 18.2 Å². The van der Waals surface area contributed by atoms with E-state index in [2.05, 4.69) is 5.32 Å². The summed E-state index contributed by atoms with van der Waals surface area (Å²) in [6, 6.07) is 15.0. The van der Waals surface area contributed by atoms with Gasteiger partial charge >= 0.3 is 5.97 Å². The number of rotatable bonds is 5. The molecule has 2 rings (SSSR count). The summed E-state index contributed by atoms with van der Waals surface area (Å²) < 4.78 is 0. The number of nitrogens with one attached hydrogen (secondary N) is 1. The van der Waals surface area contributed by atoms with Crippen molar-refractivity contribution in [3.8, 4) is 5.75 Å². The van der Waals surface area contributed by atoms with Crippen molar-refractivity contribution in [3.63, 3.8) is 0 Å². The Labute approximate surface area is 111 Å². The molecule has 0 bridgehead atoms. The normalized spacial score (nSPS) is 12.0. The second kappa shape index (κ2) is 6.02. The Balaban J connectivity index is 2.06. The van der Waals surface area contributed by atoms with Crippen LogP contribution in [0.1, 0.15) is 17.2 Å². The van der Waals surface area contributed by atoms with Gasteiger partial charge in [0.1, 0.15) is 11.8 Å². The van der Waals surface area contributed by atoms with Crippen LogP contribution in [-0.2, 0) is 11.3 Å². The van der Waals surface area contributed by atoms with E-state index < -0.39 is 12.0 Å². The first-order chi connectivity index (χ1) is 9.16. The van der Waals surface area contributed by atoms with Crippen LogP contribution in [0.5, 0.6) is 5.75 Å². The molecule has 3 N–H and O–H groups in total. The zero-order valence-electron chi connectivity index (χ0n) is 10.3. The van der Waals surface area contributed by atoms with Gasteiger partial charge in [0.25, 0.3) is 0 Å². The fraction of sp³-hybridized carbons (Fsp3) is 0.133. The van der Waals surface area contributed by atoms with Crippen molar-refractivity contribution < 1.29 is 15.0 Å². The zero-order chi connectivity index (χ0) is 13.7. The van der Waals surface area contributed by atoms with Crippen LogP contribution in [0.25, 0.3) is 0 Å². The average Bonchev–Trinajstić information content (AvgIpc) is 2.42. The molecule has 0 fully saturated rings. The number of aromatic hydroxyl groups is 1. The maximum absolute atomic E-state index is 11.3. The summed E-state index contributed by atoms with van der Waals surface area (Å²) in [6.07, 6.45) is 0. The minimum atomic E-state index is -0.912. The van der Waals surface area contributed by atoms with Crippen molar-refractivity contribution >= 4 is 5.97 Å². The van der Waals surface area contributed by atoms with Crippen molar-refractivity contribution in [2.24, 2.45) is 0 Å². The van der Waals surface area contributed by atoms with E-state index in [9.17, 15) is 15.0 Å². The van der Waals surface area contributed by atoms with Crippen LogP contribution in [0, 0.1) is 0 Å². The molecule has 4 heteroatoms. The summed E-state index contributed by atoms with van der Waals surface area (Å²) in [6.45, 7) is 0.423. The third-order valence-corrected chi connectivity index (χ3v) is 2.83. The smallest absolute Gasteiger partial charge is 0.325 e. The minimum Gasteiger partial charge on any atom is -0.508 e. The maximum atomic E-state index is 11.3. The highest BCUT2D eigenvalue weighted by Crippen LogP contribution is 2.15. The molecule has 0 aliphatic rings. The number of carbonyl (C=O) groups is 1. The third kappa shape index (κ3) is 3.56. The number of hydrogen-bond donors (Lipinski definition) is 3. The number of aliphatic carboxylic acids is 1. The van der Waals surface area contributed by atoms with Crippen LogP contribution in [0.4, 0.5) is 0 Å². The highest BCUT2D eigenvalue weighted by Gasteiger charge is 2.18. The average molecular weight is 257 g/mol. The molecule has 0 spiro atoms. The zero-order valence-corrected chi connectivity index (χ0v) is 10.3. The Bertz CT molecular complexity index is 537. The Morgan fingerprint density at radius 2 is 1.68 bits per heavy atom. The predicted molar refractivity (Wildman–Crippen MR) is 71.8 cm³/mol. The van der Waals surface area contributed by atoms with Gasteiger partial charge in [0.15, 0.2) is 0 Å². The van der Waals surface area contributed by atoms with Crippen LogP contribution >= 0.6 is 0 Å². The Morgan fingerprint density at radius 3 is 2.26 bits per heavy atom. The molecule has 0 aliphatic carbocycles. The van der Waals surface area contributed by atoms with Gasteiger partial charge in [-0.05, 0) is 23.3 Å². The molecule has 0 saturated heterocycles. The van der Waals surface area contributed by atoms with Crippen molar-refractivity contribution in [1.82, 2.24) is 5.32 Å². The van der Waals surface area contributed by atoms with Gasteiger partial charge in [0, 0.05) is 6.54 Å². The van der Waals surface area contributed by atoms with Gasteiger partial charge in [-0.3, -0.25) is 10.1 Å². The summed E-state index contributed by atoms with van der Waals surface area (Å²) in [5.41, 5.74) is 1.63. The lowest BCUT2D eigenvalue weighted by molar-refractivity contribution is -0.139. The Hall–Kier alpha value is -2.33. The molecule has 0 aromatic heterocycles. The number of phenols is 1. The quantitative estimate of drug-likeness (QED) is 0.768. The summed E-state index contributed by atoms with van der Waals surface area (Å²) in [4.78, 5) is 11.3. The molecular weight excluding hydrogens is 242 g/mol. The number of carboxylic acid groups (broad SMARTS) is 1. The van der Waals surface area contributed by atoms with Gasteiger partial charge < -0.3 is 10.2 Å². The van der Waals surface area contributed by atoms with Crippen LogP contribution in [-0.4, -0.2) is 16.2 Å². The number of hydrogen-bond acceptors (Lipinski definition) is 3. The summed E-state index contributed by atoms with van der Waals surface area (Å²) in [5.74, 6) is -0.716. The van der Waals surface area contributed by atoms with Crippen molar-refractivity contribution in [2.75, 3.05) is 0 Å². The molecule has 98 valence electrons. The fourth-order valence-electron chi connectivity index (χ4n) is 1.83. The molecule has 0 radical (unpaired) electrons. The van der Waals surface area contributed by atoms with E-state index in [1.165, 1.54) is 0 Å². The van der Waals surface area contributed by atoms with Crippen molar-refractivity contribution in [3.05, 3.63) is 65.7 Å². The topological polar surface area (TPSA) is 69.6 Å². The summed E-state index contributed by atoms with van der Waals surface area (Å²) >= 11 is 0. The lowest BCUT2D eigenvalue weighted by Gasteiger charge is -2.14. The molecule has 2 aromatic rings. The second-order valence-corrected chi connectivity index (χ2v) is 4.23. The van der Waals surface area contributed by atoms with Crippen LogP contribution in [0.3, 0.4) is 0 Å². The van der Waals surface area contributed by atoms with Gasteiger partial charge in [0.05, 0.1) is 0 Å². The molecule has 1 atom stereocenters. The summed E-state index contributed by atoms with van der Waals surface area (Å²) in [5, 5.41) is 21.4. The van der Waals surface area contributed by atoms with Gasteiger partial charge in [-0.1, -0.05) is 42.5 Å². The third-order valence-electron chi connectivity index (χ3n) is 2.83. The number of benzene rings is 2. The second-order valence-electron chi connectivity index (χ2n) is 4.23. The van der Waals surface area contributed by atoms with E-state index in [-0.39, 0.29) is 5.75 Å². The highest BCUT2D eigenvalue weighted by atomic mass is 16.4. The molecule has 0 amide bonds. The molecule has 0 heterocycles. The fourth-order valence-corrected chi connectivity index (χ4v) is 1.83. The van der Waals surface area contributed by atoms with E-state index in [1.54, 1.807) is 36.4 Å². The molecular formula is C15H15NO3. The van der Waals surface area contributed by atoms with Crippen LogP contribution < -0.4 is 5.32 Å². The van der Waals surface area contributed by atoms with Crippen LogP contribution in [0.2, 0.25) is 0 Å². The lowest BCUT2D eigenvalue weighted by atomic mass is 10.1. The van der Waals surface area contributed by atoms with E-state index in [0.29, 0.717) is 12.1 Å². The van der Waals surface area contributed by atoms with E-state index >= 15 is 0 Å². The first kappa shape index (κ1) is 13.1. The van der Waals surface area contributed by atoms with E-state index in [4.69, 9.17) is 0 Å². The standard InChI is InChI=1S/C15H15NO3/c17-13-8-6-11(7-9-13)10-16-14(15(18)19)12-4-2-1-3-5-12/h1-9,14,16-17H,10H2,(H,18,19). The molecule has 19 heavy (non-hydrogen) atoms. The largest absolute Gasteiger partial charge is 0.508 e. The molecule has 0 saturated carbocycles. The van der Waals surface area contributed by atoms with Gasteiger partial charge in [0.2, 0.25) is 0 Å². The predicted octanol–water partition coefficient (Wildman–Crippen LogP) is 2.31. The van der Waals surface area contributed by atoms with Crippen molar-refractivity contribution in [1.29, 1.82) is 0 Å². The Kier molecular flexibility index (Phi) is 4.15. The van der Waals surface area contributed by atoms with E-state index in [0.717, 1.165) is 5.56 Å². The molecule has 1 unspecified atom stereocenters. The summed E-state index contributed by atoms with van der Waals surface area (Å²) in [7, 11) is 0. The van der Waals surface area contributed by atoms with Gasteiger partial charge in [-0.15, -0.1) is 0 Å². The van der Waals surface area contributed by atoms with Crippen molar-refractivity contribution in [2.45, 2.75) is 12.6 Å². The van der Waals surface area contributed by atoms with Gasteiger partial charge in [-0.2, -0.15) is 0 Å². The Morgan fingerprint density at radius 1 is 1.05 bits per heavy atom. The number of carboxylic acids is 1. The number of phenolic OH excluding ortho intramolecular Hbond substituents is 1. The highest BCUT2D eigenvalue weighted by molar-refractivity contribution is 5.75. The molecule has 2 aromatic carbocycles. The van der Waals surface area contributed by atoms with Crippen LogP contribution in [0.15, 0.2) is 54.6 Å². The van der Waals surface area contributed by atoms with Gasteiger partial charge in [-0.25, -0.2) is 0 Å². The molecule has 4 nitrogen and oxygen atoms in total. The minimum absolute atomic E-state index is 0.196. The first-order valence-electron chi connectivity index (χ1n) is 5.96. The monoisotopic (exact) mass is 257 g/mol. The SMILES string of the molecule is O=C(O)C(NCc1ccc(O)cc1)c1ccccc1. The lowest BCUT2D eigenvalue weighted by Crippen LogP contribution is -2.28. The first-order valence-corrected chi connectivity index (χ1v) is 5.96. The molecule has 0 aliphatic heterocycles. The maximum Gasteiger partial charge on any atom is 0.325 e.